The summed E-state index contributed by atoms with van der Waals surface area (Å²) >= 11 is 0. The number of nitrogens with zero attached hydrogens (tertiary/aromatic N) is 2. The highest BCUT2D eigenvalue weighted by Gasteiger charge is 2.38. The predicted molar refractivity (Wildman–Crippen MR) is 110 cm³/mol. The number of piperidine rings is 1. The van der Waals surface area contributed by atoms with E-state index in [1.54, 1.807) is 20.9 Å². The summed E-state index contributed by atoms with van der Waals surface area (Å²) in [6, 6.07) is 0. The van der Waals surface area contributed by atoms with Gasteiger partial charge in [0.25, 0.3) is 0 Å². The molecule has 0 unspecified atom stereocenters. The molecule has 7 heteroatoms. The molecule has 0 atom stereocenters. The zero-order valence-corrected chi connectivity index (χ0v) is 17.9. The van der Waals surface area contributed by atoms with Gasteiger partial charge >= 0.3 is 0 Å². The minimum absolute atomic E-state index is 0.225. The number of nitrogens with one attached hydrogen (secondary N) is 2. The van der Waals surface area contributed by atoms with Gasteiger partial charge in [0.1, 0.15) is 0 Å². The monoisotopic (exact) mass is 386 g/mol. The fourth-order valence-electron chi connectivity index (χ4n) is 4.08. The maximum atomic E-state index is 11.9. The first kappa shape index (κ1) is 21.5. The van der Waals surface area contributed by atoms with Crippen molar-refractivity contribution in [2.45, 2.75) is 75.5 Å². The van der Waals surface area contributed by atoms with Crippen molar-refractivity contribution in [2.75, 3.05) is 39.5 Å². The van der Waals surface area contributed by atoms with Gasteiger partial charge in [-0.15, -0.1) is 0 Å². The summed E-state index contributed by atoms with van der Waals surface area (Å²) in [5.41, 5.74) is 0.225. The molecule has 2 fully saturated rings. The lowest BCUT2D eigenvalue weighted by molar-refractivity contribution is 0.0368. The van der Waals surface area contributed by atoms with E-state index in [0.717, 1.165) is 6.54 Å². The summed E-state index contributed by atoms with van der Waals surface area (Å²) in [5.74, 6) is 0.698. The van der Waals surface area contributed by atoms with E-state index < -0.39 is 14.6 Å². The average molecular weight is 387 g/mol. The molecule has 0 spiro atoms. The van der Waals surface area contributed by atoms with Crippen molar-refractivity contribution in [3.05, 3.63) is 0 Å². The molecule has 1 heterocycles. The molecule has 152 valence electrons. The molecule has 0 amide bonds. The van der Waals surface area contributed by atoms with Gasteiger partial charge in [-0.25, -0.2) is 8.42 Å². The van der Waals surface area contributed by atoms with E-state index in [9.17, 15) is 8.42 Å². The van der Waals surface area contributed by atoms with Crippen LogP contribution in [0.2, 0.25) is 0 Å². The fraction of sp³-hybridized carbons (Fsp3) is 0.947. The Morgan fingerprint density at radius 3 is 2.15 bits per heavy atom. The Balaban J connectivity index is 1.97. The van der Waals surface area contributed by atoms with Crippen LogP contribution in [-0.4, -0.2) is 69.0 Å². The standard InChI is InChI=1S/C19H38N4O2S/c1-18(2,26(4,24)25)15-21-17(20-3)22-16-19(11-7-5-8-12-19)23-13-9-6-10-14-23/h5-16H2,1-4H3,(H2,20,21,22). The Morgan fingerprint density at radius 1 is 1.04 bits per heavy atom. The predicted octanol–water partition coefficient (Wildman–Crippen LogP) is 2.16. The van der Waals surface area contributed by atoms with Crippen LogP contribution in [0.15, 0.2) is 4.99 Å². The molecular weight excluding hydrogens is 348 g/mol. The van der Waals surface area contributed by atoms with E-state index in [2.05, 4.69) is 20.5 Å². The third kappa shape index (κ3) is 5.35. The van der Waals surface area contributed by atoms with Gasteiger partial charge in [0, 0.05) is 31.9 Å². The second kappa shape index (κ2) is 8.91. The third-order valence-electron chi connectivity index (χ3n) is 6.30. The van der Waals surface area contributed by atoms with Gasteiger partial charge in [0.2, 0.25) is 0 Å². The zero-order chi connectivity index (χ0) is 19.3. The molecular formula is C19H38N4O2S. The Bertz CT molecular complexity index is 574. The van der Waals surface area contributed by atoms with Crippen LogP contribution in [0, 0.1) is 0 Å². The smallest absolute Gasteiger partial charge is 0.191 e. The van der Waals surface area contributed by atoms with E-state index in [1.807, 2.05) is 0 Å². The van der Waals surface area contributed by atoms with Gasteiger partial charge in [-0.2, -0.15) is 0 Å². The second-order valence-electron chi connectivity index (χ2n) is 8.64. The van der Waals surface area contributed by atoms with E-state index in [0.29, 0.717) is 12.5 Å². The van der Waals surface area contributed by atoms with Crippen LogP contribution in [0.3, 0.4) is 0 Å². The lowest BCUT2D eigenvalue weighted by Crippen LogP contribution is -2.59. The highest BCUT2D eigenvalue weighted by Crippen LogP contribution is 2.35. The van der Waals surface area contributed by atoms with Crippen LogP contribution >= 0.6 is 0 Å². The second-order valence-corrected chi connectivity index (χ2v) is 11.3. The van der Waals surface area contributed by atoms with Crippen molar-refractivity contribution in [1.29, 1.82) is 0 Å². The van der Waals surface area contributed by atoms with Crippen molar-refractivity contribution in [1.82, 2.24) is 15.5 Å². The average Bonchev–Trinajstić information content (AvgIpc) is 2.62. The maximum absolute atomic E-state index is 11.9. The van der Waals surface area contributed by atoms with Crippen LogP contribution in [-0.2, 0) is 9.84 Å². The van der Waals surface area contributed by atoms with Crippen LogP contribution < -0.4 is 10.6 Å². The molecule has 0 bridgehead atoms. The molecule has 1 aliphatic heterocycles. The Labute approximate surface area is 160 Å². The quantitative estimate of drug-likeness (QED) is 0.541. The van der Waals surface area contributed by atoms with Gasteiger partial charge in [-0.1, -0.05) is 25.7 Å². The van der Waals surface area contributed by atoms with Crippen molar-refractivity contribution in [2.24, 2.45) is 4.99 Å². The maximum Gasteiger partial charge on any atom is 0.191 e. The summed E-state index contributed by atoms with van der Waals surface area (Å²) in [5, 5.41) is 6.72. The largest absolute Gasteiger partial charge is 0.355 e. The van der Waals surface area contributed by atoms with Crippen molar-refractivity contribution in [3.63, 3.8) is 0 Å². The van der Waals surface area contributed by atoms with Crippen molar-refractivity contribution in [3.8, 4) is 0 Å². The topological polar surface area (TPSA) is 73.8 Å². The summed E-state index contributed by atoms with van der Waals surface area (Å²) < 4.78 is 23.0. The van der Waals surface area contributed by atoms with Crippen LogP contribution in [0.1, 0.15) is 65.2 Å². The summed E-state index contributed by atoms with van der Waals surface area (Å²) in [6.07, 6.45) is 11.7. The van der Waals surface area contributed by atoms with Gasteiger partial charge in [0.05, 0.1) is 4.75 Å². The SMILES string of the molecule is CN=C(NCC1(N2CCCCC2)CCCCC1)NCC(C)(C)S(C)(=O)=O. The summed E-state index contributed by atoms with van der Waals surface area (Å²) in [7, 11) is -1.38. The Morgan fingerprint density at radius 2 is 1.62 bits per heavy atom. The number of hydrogen-bond acceptors (Lipinski definition) is 4. The molecule has 0 aromatic heterocycles. The van der Waals surface area contributed by atoms with E-state index in [-0.39, 0.29) is 5.54 Å². The van der Waals surface area contributed by atoms with Gasteiger partial charge in [-0.05, 0) is 52.6 Å². The molecule has 6 nitrogen and oxygen atoms in total. The third-order valence-corrected chi connectivity index (χ3v) is 8.46. The molecule has 0 radical (unpaired) electrons. The molecule has 1 saturated heterocycles. The number of likely N-dealkylation sites (tertiary alicyclic amines) is 1. The molecule has 1 saturated carbocycles. The van der Waals surface area contributed by atoms with E-state index in [4.69, 9.17) is 0 Å². The van der Waals surface area contributed by atoms with Gasteiger partial charge in [0.15, 0.2) is 15.8 Å². The Hall–Kier alpha value is -0.820. The van der Waals surface area contributed by atoms with Crippen molar-refractivity contribution >= 4 is 15.8 Å². The van der Waals surface area contributed by atoms with Crippen LogP contribution in [0.4, 0.5) is 0 Å². The van der Waals surface area contributed by atoms with Crippen LogP contribution in [0.5, 0.6) is 0 Å². The Kier molecular flexibility index (Phi) is 7.36. The fourth-order valence-corrected chi connectivity index (χ4v) is 4.41. The molecule has 0 aromatic rings. The molecule has 2 N–H and O–H groups in total. The van der Waals surface area contributed by atoms with Crippen LogP contribution in [0.25, 0.3) is 0 Å². The lowest BCUT2D eigenvalue weighted by Gasteiger charge is -2.48. The first-order valence-electron chi connectivity index (χ1n) is 10.1. The van der Waals surface area contributed by atoms with E-state index in [1.165, 1.54) is 70.7 Å². The number of guanidine groups is 1. The number of sulfone groups is 1. The number of rotatable bonds is 6. The number of aliphatic imine (C=N–C) groups is 1. The highest BCUT2D eigenvalue weighted by atomic mass is 32.2. The number of hydrogen-bond donors (Lipinski definition) is 2. The van der Waals surface area contributed by atoms with E-state index >= 15 is 0 Å². The minimum atomic E-state index is -3.12. The highest BCUT2D eigenvalue weighted by molar-refractivity contribution is 7.92. The zero-order valence-electron chi connectivity index (χ0n) is 17.1. The first-order valence-corrected chi connectivity index (χ1v) is 12.0. The molecule has 26 heavy (non-hydrogen) atoms. The molecule has 1 aliphatic carbocycles. The summed E-state index contributed by atoms with van der Waals surface area (Å²) in [4.78, 5) is 7.02. The first-order chi connectivity index (χ1) is 12.2. The minimum Gasteiger partial charge on any atom is -0.355 e. The van der Waals surface area contributed by atoms with Gasteiger partial charge < -0.3 is 10.6 Å². The van der Waals surface area contributed by atoms with Gasteiger partial charge in [-0.3, -0.25) is 9.89 Å². The van der Waals surface area contributed by atoms with Crippen molar-refractivity contribution < 1.29 is 8.42 Å². The molecule has 2 rings (SSSR count). The normalized spacial score (nSPS) is 22.8. The summed E-state index contributed by atoms with van der Waals surface area (Å²) in [6.45, 7) is 7.13. The molecule has 2 aliphatic rings. The lowest BCUT2D eigenvalue weighted by atomic mass is 9.79. The molecule has 0 aromatic carbocycles.